The van der Waals surface area contributed by atoms with Gasteiger partial charge in [0.15, 0.2) is 17.5 Å². The minimum Gasteiger partial charge on any atom is -0.207 e. The molecule has 3 rings (SSSR count). The van der Waals surface area contributed by atoms with E-state index in [1.807, 2.05) is 0 Å². The topological polar surface area (TPSA) is 0 Å². The van der Waals surface area contributed by atoms with Crippen LogP contribution in [-0.2, 0) is 25.7 Å². The summed E-state index contributed by atoms with van der Waals surface area (Å²) in [6.07, 6.45) is 5.69. The van der Waals surface area contributed by atoms with E-state index >= 15 is 0 Å². The highest BCUT2D eigenvalue weighted by Crippen LogP contribution is 2.32. The van der Waals surface area contributed by atoms with Gasteiger partial charge < -0.3 is 0 Å². The molecule has 0 radical (unpaired) electrons. The van der Waals surface area contributed by atoms with Gasteiger partial charge in [-0.3, -0.25) is 0 Å². The van der Waals surface area contributed by atoms with Crippen LogP contribution in [0.4, 0.5) is 22.0 Å². The quantitative estimate of drug-likeness (QED) is 0.273. The summed E-state index contributed by atoms with van der Waals surface area (Å²) in [6.45, 7) is 2.08. The van der Waals surface area contributed by atoms with Gasteiger partial charge in [0.2, 0.25) is 0 Å². The Labute approximate surface area is 162 Å². The molecular formula is C23H25F5. The van der Waals surface area contributed by atoms with Crippen molar-refractivity contribution in [3.8, 4) is 0 Å². The number of halogens is 5. The number of unbranched alkanes of at least 4 members (excludes halogenated alkanes) is 2. The maximum Gasteiger partial charge on any atom is 0.194 e. The van der Waals surface area contributed by atoms with Gasteiger partial charge >= 0.3 is 0 Å². The van der Waals surface area contributed by atoms with Crippen molar-refractivity contribution in [1.82, 2.24) is 0 Å². The fourth-order valence-electron chi connectivity index (χ4n) is 4.11. The zero-order valence-corrected chi connectivity index (χ0v) is 16.1. The maximum atomic E-state index is 14.4. The fourth-order valence-corrected chi connectivity index (χ4v) is 4.11. The molecule has 0 nitrogen and oxygen atoms in total. The number of rotatable bonds is 7. The monoisotopic (exact) mass is 396 g/mol. The average molecular weight is 396 g/mol. The predicted molar refractivity (Wildman–Crippen MR) is 99.7 cm³/mol. The molecule has 1 atom stereocenters. The number of hydrogen-bond acceptors (Lipinski definition) is 0. The molecule has 5 heteroatoms. The van der Waals surface area contributed by atoms with Crippen LogP contribution in [0.3, 0.4) is 0 Å². The van der Waals surface area contributed by atoms with Gasteiger partial charge in [0.05, 0.1) is 0 Å². The first-order chi connectivity index (χ1) is 13.4. The molecule has 1 aliphatic carbocycles. The van der Waals surface area contributed by atoms with E-state index in [4.69, 9.17) is 0 Å². The van der Waals surface area contributed by atoms with Crippen LogP contribution in [-0.4, -0.2) is 0 Å². The first-order valence-corrected chi connectivity index (χ1v) is 10.0. The van der Waals surface area contributed by atoms with Crippen molar-refractivity contribution in [2.45, 2.75) is 64.7 Å². The van der Waals surface area contributed by atoms with E-state index in [1.54, 1.807) is 0 Å². The first-order valence-electron chi connectivity index (χ1n) is 10.0. The summed E-state index contributed by atoms with van der Waals surface area (Å²) in [5, 5.41) is 0. The van der Waals surface area contributed by atoms with Crippen LogP contribution in [0, 0.1) is 35.0 Å². The second-order valence-electron chi connectivity index (χ2n) is 7.77. The summed E-state index contributed by atoms with van der Waals surface area (Å²) in [7, 11) is 0. The van der Waals surface area contributed by atoms with Crippen molar-refractivity contribution in [1.29, 1.82) is 0 Å². The lowest BCUT2D eigenvalue weighted by molar-refractivity contribution is 0.390. The molecule has 1 unspecified atom stereocenters. The van der Waals surface area contributed by atoms with E-state index in [-0.39, 0.29) is 23.5 Å². The SMILES string of the molecule is CCCCCc1cc(F)c(CCC2CCc3c(cc(F)c(F)c3F)C2)c(F)c1. The van der Waals surface area contributed by atoms with Crippen molar-refractivity contribution in [3.05, 3.63) is 69.5 Å². The lowest BCUT2D eigenvalue weighted by Crippen LogP contribution is -2.18. The van der Waals surface area contributed by atoms with Crippen LogP contribution in [0.2, 0.25) is 0 Å². The average Bonchev–Trinajstić information content (AvgIpc) is 2.65. The Morgan fingerprint density at radius 2 is 1.57 bits per heavy atom. The van der Waals surface area contributed by atoms with Gasteiger partial charge in [-0.25, -0.2) is 22.0 Å². The van der Waals surface area contributed by atoms with Crippen LogP contribution in [0.1, 0.15) is 61.3 Å². The molecule has 1 aliphatic rings. The fraction of sp³-hybridized carbons (Fsp3) is 0.478. The van der Waals surface area contributed by atoms with Crippen LogP contribution >= 0.6 is 0 Å². The van der Waals surface area contributed by atoms with E-state index in [9.17, 15) is 22.0 Å². The molecule has 0 saturated heterocycles. The van der Waals surface area contributed by atoms with Crippen LogP contribution in [0.25, 0.3) is 0 Å². The minimum absolute atomic E-state index is 0.0554. The summed E-state index contributed by atoms with van der Waals surface area (Å²) in [6, 6.07) is 3.88. The summed E-state index contributed by atoms with van der Waals surface area (Å²) >= 11 is 0. The Hall–Kier alpha value is -1.91. The molecule has 0 aliphatic heterocycles. The van der Waals surface area contributed by atoms with Crippen molar-refractivity contribution in [3.63, 3.8) is 0 Å². The zero-order valence-electron chi connectivity index (χ0n) is 16.1. The molecule has 0 bridgehead atoms. The van der Waals surface area contributed by atoms with Gasteiger partial charge in [-0.15, -0.1) is 0 Å². The third kappa shape index (κ3) is 4.56. The van der Waals surface area contributed by atoms with E-state index in [1.165, 1.54) is 12.1 Å². The molecule has 28 heavy (non-hydrogen) atoms. The molecule has 0 spiro atoms. The Bertz CT molecular complexity index is 820. The van der Waals surface area contributed by atoms with Crippen LogP contribution in [0.5, 0.6) is 0 Å². The third-order valence-electron chi connectivity index (χ3n) is 5.74. The minimum atomic E-state index is -1.43. The standard InChI is InChI=1S/C23H25F5/c1-2-3-4-5-15-11-19(24)18(20(25)12-15)9-7-14-6-8-17-16(10-14)13-21(26)23(28)22(17)27/h11-14H,2-10H2,1H3. The Morgan fingerprint density at radius 1 is 0.857 bits per heavy atom. The van der Waals surface area contributed by atoms with Gasteiger partial charge in [0.1, 0.15) is 11.6 Å². The van der Waals surface area contributed by atoms with Gasteiger partial charge in [-0.2, -0.15) is 0 Å². The molecule has 2 aromatic rings. The van der Waals surface area contributed by atoms with E-state index < -0.39 is 29.1 Å². The second-order valence-corrected chi connectivity index (χ2v) is 7.77. The Kier molecular flexibility index (Phi) is 6.73. The Morgan fingerprint density at radius 3 is 2.25 bits per heavy atom. The lowest BCUT2D eigenvalue weighted by Gasteiger charge is -2.25. The highest BCUT2D eigenvalue weighted by atomic mass is 19.2. The van der Waals surface area contributed by atoms with Crippen molar-refractivity contribution in [2.24, 2.45) is 5.92 Å². The summed E-state index contributed by atoms with van der Waals surface area (Å²) in [5.74, 6) is -4.72. The smallest absolute Gasteiger partial charge is 0.194 e. The predicted octanol–water partition coefficient (Wildman–Crippen LogP) is 6.85. The number of benzene rings is 2. The Balaban J connectivity index is 1.65. The summed E-state index contributed by atoms with van der Waals surface area (Å²) < 4.78 is 69.5. The van der Waals surface area contributed by atoms with E-state index in [0.29, 0.717) is 43.2 Å². The molecule has 0 fully saturated rings. The highest BCUT2D eigenvalue weighted by molar-refractivity contribution is 5.33. The summed E-state index contributed by atoms with van der Waals surface area (Å²) in [5.41, 5.74) is 1.43. The molecule has 0 heterocycles. The van der Waals surface area contributed by atoms with E-state index in [0.717, 1.165) is 25.3 Å². The van der Waals surface area contributed by atoms with Gasteiger partial charge in [0.25, 0.3) is 0 Å². The van der Waals surface area contributed by atoms with E-state index in [2.05, 4.69) is 6.92 Å². The number of aryl methyl sites for hydroxylation is 1. The number of hydrogen-bond donors (Lipinski definition) is 0. The lowest BCUT2D eigenvalue weighted by atomic mass is 9.80. The van der Waals surface area contributed by atoms with Crippen molar-refractivity contribution >= 4 is 0 Å². The van der Waals surface area contributed by atoms with Crippen molar-refractivity contribution in [2.75, 3.05) is 0 Å². The molecule has 0 saturated carbocycles. The van der Waals surface area contributed by atoms with Crippen LogP contribution in [0.15, 0.2) is 18.2 Å². The van der Waals surface area contributed by atoms with Crippen molar-refractivity contribution < 1.29 is 22.0 Å². The summed E-state index contributed by atoms with van der Waals surface area (Å²) in [4.78, 5) is 0. The molecule has 0 aromatic heterocycles. The number of fused-ring (bicyclic) bond motifs is 1. The molecular weight excluding hydrogens is 371 g/mol. The second kappa shape index (κ2) is 9.06. The largest absolute Gasteiger partial charge is 0.207 e. The zero-order chi connectivity index (χ0) is 20.3. The molecule has 0 N–H and O–H groups in total. The molecule has 2 aromatic carbocycles. The van der Waals surface area contributed by atoms with Gasteiger partial charge in [0, 0.05) is 5.56 Å². The highest BCUT2D eigenvalue weighted by Gasteiger charge is 2.26. The molecule has 152 valence electrons. The van der Waals surface area contributed by atoms with Gasteiger partial charge in [-0.1, -0.05) is 19.8 Å². The first kappa shape index (κ1) is 20.8. The maximum absolute atomic E-state index is 14.4. The van der Waals surface area contributed by atoms with Gasteiger partial charge in [-0.05, 0) is 85.8 Å². The third-order valence-corrected chi connectivity index (χ3v) is 5.74. The van der Waals surface area contributed by atoms with Crippen LogP contribution < -0.4 is 0 Å². The normalized spacial score (nSPS) is 16.3. The molecule has 0 amide bonds.